The highest BCUT2D eigenvalue weighted by Gasteiger charge is 2.67. The molecule has 2 heterocycles. The van der Waals surface area contributed by atoms with Crippen LogP contribution >= 0.6 is 0 Å². The zero-order valence-electron chi connectivity index (χ0n) is 16.8. The number of hydrazone groups is 1. The minimum Gasteiger partial charge on any atom is -0.378 e. The molecule has 2 bridgehead atoms. The summed E-state index contributed by atoms with van der Waals surface area (Å²) in [6.45, 7) is 2.45. The van der Waals surface area contributed by atoms with Gasteiger partial charge in [0.1, 0.15) is 0 Å². The third-order valence-corrected chi connectivity index (χ3v) is 7.53. The number of nitrogens with zero attached hydrogens (tertiary/aromatic N) is 4. The summed E-state index contributed by atoms with van der Waals surface area (Å²) in [6.07, 6.45) is 6.77. The Bertz CT molecular complexity index is 1010. The molecule has 2 saturated carbocycles. The van der Waals surface area contributed by atoms with Gasteiger partial charge in [-0.25, -0.2) is 0 Å². The molecular formula is C22H22N4O5. The maximum absolute atomic E-state index is 13.1. The number of ether oxygens (including phenoxy) is 1. The summed E-state index contributed by atoms with van der Waals surface area (Å²) >= 11 is 0. The van der Waals surface area contributed by atoms with Gasteiger partial charge in [0.2, 0.25) is 0 Å². The fourth-order valence-electron chi connectivity index (χ4n) is 6.03. The number of amides is 2. The lowest BCUT2D eigenvalue weighted by Crippen LogP contribution is -2.40. The van der Waals surface area contributed by atoms with E-state index in [1.165, 1.54) is 18.3 Å². The molecule has 4 aliphatic carbocycles. The summed E-state index contributed by atoms with van der Waals surface area (Å²) in [5.41, 5.74) is 1.22. The van der Waals surface area contributed by atoms with Crippen LogP contribution in [0, 0.1) is 45.6 Å². The zero-order chi connectivity index (χ0) is 21.3. The van der Waals surface area contributed by atoms with E-state index in [9.17, 15) is 19.7 Å². The Balaban J connectivity index is 1.32. The van der Waals surface area contributed by atoms with Crippen molar-refractivity contribution in [2.45, 2.75) is 6.42 Å². The van der Waals surface area contributed by atoms with Crippen molar-refractivity contribution in [2.24, 2.45) is 40.6 Å². The third-order valence-electron chi connectivity index (χ3n) is 7.53. The minimum absolute atomic E-state index is 0.0615. The molecule has 6 aliphatic rings. The van der Waals surface area contributed by atoms with Crippen molar-refractivity contribution in [3.8, 4) is 0 Å². The van der Waals surface area contributed by atoms with Gasteiger partial charge < -0.3 is 9.64 Å². The molecule has 1 aromatic carbocycles. The molecule has 9 heteroatoms. The van der Waals surface area contributed by atoms with Crippen LogP contribution in [0.3, 0.4) is 0 Å². The molecule has 0 radical (unpaired) electrons. The molecule has 2 saturated heterocycles. The number of carbonyl (C=O) groups is 2. The highest BCUT2D eigenvalue weighted by Crippen LogP contribution is 2.65. The molecule has 9 nitrogen and oxygen atoms in total. The Hall–Kier alpha value is -3.07. The number of nitro groups is 1. The quantitative estimate of drug-likeness (QED) is 0.241. The monoisotopic (exact) mass is 422 g/mol. The Morgan fingerprint density at radius 2 is 1.71 bits per heavy atom. The number of hydrogen-bond acceptors (Lipinski definition) is 7. The maximum Gasteiger partial charge on any atom is 0.270 e. The van der Waals surface area contributed by atoms with Gasteiger partial charge in [0.15, 0.2) is 0 Å². The highest BCUT2D eigenvalue weighted by molar-refractivity contribution is 6.07. The minimum atomic E-state index is -0.462. The first kappa shape index (κ1) is 18.7. The molecule has 6 atom stereocenters. The second-order valence-electron chi connectivity index (χ2n) is 8.99. The van der Waals surface area contributed by atoms with E-state index in [4.69, 9.17) is 4.74 Å². The predicted molar refractivity (Wildman–Crippen MR) is 110 cm³/mol. The molecular weight excluding hydrogens is 400 g/mol. The van der Waals surface area contributed by atoms with Crippen molar-refractivity contribution in [2.75, 3.05) is 31.2 Å². The second kappa shape index (κ2) is 6.71. The Morgan fingerprint density at radius 1 is 1.06 bits per heavy atom. The Labute approximate surface area is 178 Å². The van der Waals surface area contributed by atoms with Crippen molar-refractivity contribution in [1.29, 1.82) is 0 Å². The second-order valence-corrected chi connectivity index (χ2v) is 8.99. The summed E-state index contributed by atoms with van der Waals surface area (Å²) in [5.74, 6) is 0.225. The average molecular weight is 422 g/mol. The van der Waals surface area contributed by atoms with Crippen molar-refractivity contribution >= 4 is 29.4 Å². The van der Waals surface area contributed by atoms with Gasteiger partial charge in [0.25, 0.3) is 17.5 Å². The van der Waals surface area contributed by atoms with Crippen LogP contribution in [0.15, 0.2) is 35.5 Å². The number of morpholine rings is 1. The number of nitro benzene ring substituents is 1. The van der Waals surface area contributed by atoms with Gasteiger partial charge in [0.05, 0.1) is 36.2 Å². The van der Waals surface area contributed by atoms with Crippen LogP contribution in [-0.4, -0.2) is 54.3 Å². The largest absolute Gasteiger partial charge is 0.378 e. The van der Waals surface area contributed by atoms with Crippen LogP contribution in [-0.2, 0) is 14.3 Å². The van der Waals surface area contributed by atoms with Crippen molar-refractivity contribution in [1.82, 2.24) is 5.01 Å². The molecule has 160 valence electrons. The summed E-state index contributed by atoms with van der Waals surface area (Å²) in [5, 5.41) is 16.6. The van der Waals surface area contributed by atoms with E-state index in [0.29, 0.717) is 43.7 Å². The number of hydrogen-bond donors (Lipinski definition) is 0. The lowest BCUT2D eigenvalue weighted by molar-refractivity contribution is -0.384. The van der Waals surface area contributed by atoms with Crippen LogP contribution < -0.4 is 4.90 Å². The fraction of sp³-hybridized carbons (Fsp3) is 0.500. The molecule has 0 unspecified atom stereocenters. The number of benzene rings is 1. The van der Waals surface area contributed by atoms with Crippen molar-refractivity contribution in [3.05, 3.63) is 46.0 Å². The molecule has 0 spiro atoms. The number of carbonyl (C=O) groups excluding carboxylic acids is 2. The van der Waals surface area contributed by atoms with Crippen molar-refractivity contribution in [3.63, 3.8) is 0 Å². The number of imide groups is 1. The van der Waals surface area contributed by atoms with E-state index in [-0.39, 0.29) is 41.2 Å². The van der Waals surface area contributed by atoms with Gasteiger partial charge in [-0.1, -0.05) is 12.2 Å². The molecule has 0 N–H and O–H groups in total. The van der Waals surface area contributed by atoms with Crippen LogP contribution in [0.2, 0.25) is 0 Å². The van der Waals surface area contributed by atoms with Crippen LogP contribution in [0.5, 0.6) is 0 Å². The average Bonchev–Trinajstić information content (AvgIpc) is 3.57. The zero-order valence-corrected chi connectivity index (χ0v) is 16.8. The van der Waals surface area contributed by atoms with Crippen LogP contribution in [0.25, 0.3) is 0 Å². The van der Waals surface area contributed by atoms with E-state index in [0.717, 1.165) is 17.1 Å². The Kier molecular flexibility index (Phi) is 4.05. The van der Waals surface area contributed by atoms with E-state index in [1.807, 2.05) is 0 Å². The lowest BCUT2D eigenvalue weighted by atomic mass is 9.63. The molecule has 31 heavy (non-hydrogen) atoms. The van der Waals surface area contributed by atoms with E-state index in [2.05, 4.69) is 22.2 Å². The molecule has 2 amide bonds. The predicted octanol–water partition coefficient (Wildman–Crippen LogP) is 1.82. The number of anilines is 1. The number of allylic oxidation sites excluding steroid dienone is 2. The van der Waals surface area contributed by atoms with E-state index < -0.39 is 4.92 Å². The topological polar surface area (TPSA) is 105 Å². The lowest BCUT2D eigenvalue weighted by Gasteiger charge is -2.37. The molecule has 4 fully saturated rings. The Morgan fingerprint density at radius 3 is 2.32 bits per heavy atom. The SMILES string of the molecule is O=C1[C@@H]2[C@H]3C=C[C@@H]([C@@H]4C[C@@H]34)[C@@H]2C(=O)N1/N=C\c1cc([N+](=O)[O-])ccc1N1CCOCC1. The standard InChI is InChI=1S/C22H22N4O5/c27-21-19-14-2-3-15(17-10-16(14)17)20(19)22(28)25(21)23-11-12-9-13(26(29)30)1-4-18(12)24-5-7-31-8-6-24/h1-4,9,11,14-17,19-20H,5-8,10H2/b23-11-/t14-,15-,16-,17-,19-,20+/m0/s1. The molecule has 7 rings (SSSR count). The number of rotatable bonds is 4. The van der Waals surface area contributed by atoms with Gasteiger partial charge in [-0.15, -0.1) is 0 Å². The van der Waals surface area contributed by atoms with Gasteiger partial charge in [0, 0.05) is 36.5 Å². The molecule has 1 aromatic rings. The van der Waals surface area contributed by atoms with Crippen molar-refractivity contribution < 1.29 is 19.2 Å². The van der Waals surface area contributed by atoms with E-state index in [1.54, 1.807) is 6.07 Å². The summed E-state index contributed by atoms with van der Waals surface area (Å²) in [7, 11) is 0. The van der Waals surface area contributed by atoms with E-state index >= 15 is 0 Å². The first-order valence-corrected chi connectivity index (χ1v) is 10.8. The summed E-state index contributed by atoms with van der Waals surface area (Å²) < 4.78 is 5.40. The summed E-state index contributed by atoms with van der Waals surface area (Å²) in [6, 6.07) is 4.58. The third kappa shape index (κ3) is 2.76. The fourth-order valence-corrected chi connectivity index (χ4v) is 6.03. The van der Waals surface area contributed by atoms with Gasteiger partial charge in [-0.2, -0.15) is 10.1 Å². The first-order chi connectivity index (χ1) is 15.0. The summed E-state index contributed by atoms with van der Waals surface area (Å²) in [4.78, 5) is 39.1. The van der Waals surface area contributed by atoms with Crippen LogP contribution in [0.1, 0.15) is 12.0 Å². The van der Waals surface area contributed by atoms with Gasteiger partial charge >= 0.3 is 0 Å². The molecule has 2 aliphatic heterocycles. The van der Waals surface area contributed by atoms with Gasteiger partial charge in [-0.05, 0) is 36.2 Å². The maximum atomic E-state index is 13.1. The smallest absolute Gasteiger partial charge is 0.270 e. The molecule has 0 aromatic heterocycles. The first-order valence-electron chi connectivity index (χ1n) is 10.8. The van der Waals surface area contributed by atoms with Crippen LogP contribution in [0.4, 0.5) is 11.4 Å². The number of non-ortho nitro benzene ring substituents is 1. The normalized spacial score (nSPS) is 35.6. The van der Waals surface area contributed by atoms with Gasteiger partial charge in [-0.3, -0.25) is 19.7 Å². The highest BCUT2D eigenvalue weighted by atomic mass is 16.6.